The predicted molar refractivity (Wildman–Crippen MR) is 65.2 cm³/mol. The zero-order valence-corrected chi connectivity index (χ0v) is 10.5. The van der Waals surface area contributed by atoms with Gasteiger partial charge in [0.05, 0.1) is 0 Å². The van der Waals surface area contributed by atoms with Gasteiger partial charge in [-0.05, 0) is 23.0 Å². The molecule has 1 rings (SSSR count). The molecule has 0 spiro atoms. The molecule has 0 N–H and O–H groups in total. The van der Waals surface area contributed by atoms with E-state index in [0.717, 1.165) is 12.0 Å². The second kappa shape index (κ2) is 5.15. The fraction of sp³-hybridized carbons (Fsp3) is 0.500. The smallest absolute Gasteiger partial charge is 0.302 e. The Morgan fingerprint density at radius 3 is 2.25 bits per heavy atom. The first-order valence-corrected chi connectivity index (χ1v) is 5.68. The predicted octanol–water partition coefficient (Wildman–Crippen LogP) is 3.44. The van der Waals surface area contributed by atoms with Crippen molar-refractivity contribution in [3.8, 4) is 0 Å². The average Bonchev–Trinajstić information content (AvgIpc) is 2.27. The molecule has 0 atom stereocenters. The van der Waals surface area contributed by atoms with E-state index in [0.29, 0.717) is 6.61 Å². The van der Waals surface area contributed by atoms with E-state index >= 15 is 0 Å². The fourth-order valence-electron chi connectivity index (χ4n) is 1.44. The monoisotopic (exact) mass is 220 g/mol. The number of carbonyl (C=O) groups is 1. The Labute approximate surface area is 97.6 Å². The first-order valence-electron chi connectivity index (χ1n) is 5.68. The number of rotatable bonds is 4. The Morgan fingerprint density at radius 1 is 1.25 bits per heavy atom. The summed E-state index contributed by atoms with van der Waals surface area (Å²) in [6.07, 6.45) is 1.11. The number of esters is 1. The van der Waals surface area contributed by atoms with Gasteiger partial charge < -0.3 is 4.74 Å². The Bertz CT molecular complexity index is 350. The molecule has 0 aliphatic heterocycles. The molecule has 0 fully saturated rings. The molecule has 0 aromatic heterocycles. The molecule has 1 aromatic rings. The highest BCUT2D eigenvalue weighted by atomic mass is 16.5. The van der Waals surface area contributed by atoms with Crippen molar-refractivity contribution in [2.45, 2.75) is 46.1 Å². The summed E-state index contributed by atoms with van der Waals surface area (Å²) >= 11 is 0. The van der Waals surface area contributed by atoms with E-state index in [4.69, 9.17) is 4.74 Å². The van der Waals surface area contributed by atoms with Crippen molar-refractivity contribution < 1.29 is 9.53 Å². The van der Waals surface area contributed by atoms with Gasteiger partial charge in [0.1, 0.15) is 6.61 Å². The number of hydrogen-bond donors (Lipinski definition) is 0. The van der Waals surface area contributed by atoms with Crippen LogP contribution in [-0.2, 0) is 21.6 Å². The van der Waals surface area contributed by atoms with Gasteiger partial charge in [-0.3, -0.25) is 4.79 Å². The lowest BCUT2D eigenvalue weighted by Crippen LogP contribution is -2.15. The molecule has 0 unspecified atom stereocenters. The lowest BCUT2D eigenvalue weighted by molar-refractivity contribution is -0.142. The second-order valence-electron chi connectivity index (χ2n) is 4.71. The highest BCUT2D eigenvalue weighted by Gasteiger charge is 2.17. The minimum Gasteiger partial charge on any atom is -0.461 e. The third-order valence-electron chi connectivity index (χ3n) is 3.06. The third-order valence-corrected chi connectivity index (χ3v) is 3.06. The lowest BCUT2D eigenvalue weighted by atomic mass is 9.82. The molecule has 2 heteroatoms. The van der Waals surface area contributed by atoms with Crippen LogP contribution >= 0.6 is 0 Å². The van der Waals surface area contributed by atoms with E-state index < -0.39 is 0 Å². The third kappa shape index (κ3) is 3.37. The van der Waals surface area contributed by atoms with Crippen LogP contribution in [0.15, 0.2) is 24.3 Å². The van der Waals surface area contributed by atoms with Crippen molar-refractivity contribution >= 4 is 5.97 Å². The molecule has 1 aromatic carbocycles. The maximum Gasteiger partial charge on any atom is 0.302 e. The molecular formula is C14H20O2. The summed E-state index contributed by atoms with van der Waals surface area (Å²) in [6, 6.07) is 8.27. The molecule has 0 aliphatic rings. The maximum absolute atomic E-state index is 10.7. The van der Waals surface area contributed by atoms with Gasteiger partial charge in [-0.1, -0.05) is 45.0 Å². The standard InChI is InChI=1S/C14H20O2/c1-5-14(3,4)13-8-6-12(7-9-13)10-16-11(2)15/h6-9H,5,10H2,1-4H3. The number of carbonyl (C=O) groups excluding carboxylic acids is 1. The number of hydrogen-bond acceptors (Lipinski definition) is 2. The van der Waals surface area contributed by atoms with E-state index in [-0.39, 0.29) is 11.4 Å². The van der Waals surface area contributed by atoms with Crippen molar-refractivity contribution in [3.63, 3.8) is 0 Å². The second-order valence-corrected chi connectivity index (χ2v) is 4.71. The molecule has 2 nitrogen and oxygen atoms in total. The largest absolute Gasteiger partial charge is 0.461 e. The van der Waals surface area contributed by atoms with Gasteiger partial charge in [0.15, 0.2) is 0 Å². The first kappa shape index (κ1) is 12.8. The van der Waals surface area contributed by atoms with Crippen LogP contribution in [0.2, 0.25) is 0 Å². The van der Waals surface area contributed by atoms with E-state index in [1.165, 1.54) is 12.5 Å². The molecule has 16 heavy (non-hydrogen) atoms. The van der Waals surface area contributed by atoms with Crippen LogP contribution < -0.4 is 0 Å². The summed E-state index contributed by atoms with van der Waals surface area (Å²) in [6.45, 7) is 8.44. The van der Waals surface area contributed by atoms with Gasteiger partial charge in [0.2, 0.25) is 0 Å². The Morgan fingerprint density at radius 2 is 1.81 bits per heavy atom. The lowest BCUT2D eigenvalue weighted by Gasteiger charge is -2.23. The summed E-state index contributed by atoms with van der Waals surface area (Å²) in [5.41, 5.74) is 2.56. The van der Waals surface area contributed by atoms with Gasteiger partial charge >= 0.3 is 5.97 Å². The summed E-state index contributed by atoms with van der Waals surface area (Å²) in [7, 11) is 0. The normalized spacial score (nSPS) is 11.2. The molecule has 0 saturated heterocycles. The zero-order chi connectivity index (χ0) is 12.2. The highest BCUT2D eigenvalue weighted by Crippen LogP contribution is 2.26. The van der Waals surface area contributed by atoms with Gasteiger partial charge in [0, 0.05) is 6.92 Å². The average molecular weight is 220 g/mol. The van der Waals surface area contributed by atoms with Crippen LogP contribution in [-0.4, -0.2) is 5.97 Å². The van der Waals surface area contributed by atoms with Crippen LogP contribution in [0, 0.1) is 0 Å². The minimum absolute atomic E-state index is 0.208. The van der Waals surface area contributed by atoms with Gasteiger partial charge in [-0.15, -0.1) is 0 Å². The number of ether oxygens (including phenoxy) is 1. The Hall–Kier alpha value is -1.31. The molecule has 88 valence electrons. The quantitative estimate of drug-likeness (QED) is 0.726. The van der Waals surface area contributed by atoms with Gasteiger partial charge in [-0.2, -0.15) is 0 Å². The SMILES string of the molecule is CCC(C)(C)c1ccc(COC(C)=O)cc1. The zero-order valence-electron chi connectivity index (χ0n) is 10.5. The molecule has 0 saturated carbocycles. The summed E-state index contributed by atoms with van der Waals surface area (Å²) in [5, 5.41) is 0. The molecule has 0 amide bonds. The fourth-order valence-corrected chi connectivity index (χ4v) is 1.44. The Kier molecular flexibility index (Phi) is 4.11. The summed E-state index contributed by atoms with van der Waals surface area (Å²) < 4.78 is 4.94. The van der Waals surface area contributed by atoms with Crippen LogP contribution in [0.5, 0.6) is 0 Å². The molecule has 0 heterocycles. The first-order chi connectivity index (χ1) is 7.45. The van der Waals surface area contributed by atoms with Crippen LogP contribution in [0.4, 0.5) is 0 Å². The van der Waals surface area contributed by atoms with Crippen molar-refractivity contribution in [1.82, 2.24) is 0 Å². The van der Waals surface area contributed by atoms with E-state index in [1.807, 2.05) is 12.1 Å². The topological polar surface area (TPSA) is 26.3 Å². The molecular weight excluding hydrogens is 200 g/mol. The Balaban J connectivity index is 2.71. The molecule has 0 aliphatic carbocycles. The summed E-state index contributed by atoms with van der Waals surface area (Å²) in [4.78, 5) is 10.7. The van der Waals surface area contributed by atoms with Crippen molar-refractivity contribution in [2.75, 3.05) is 0 Å². The van der Waals surface area contributed by atoms with Crippen molar-refractivity contribution in [3.05, 3.63) is 35.4 Å². The highest BCUT2D eigenvalue weighted by molar-refractivity contribution is 5.65. The van der Waals surface area contributed by atoms with Crippen LogP contribution in [0.1, 0.15) is 45.2 Å². The van der Waals surface area contributed by atoms with Crippen molar-refractivity contribution in [1.29, 1.82) is 0 Å². The van der Waals surface area contributed by atoms with Crippen LogP contribution in [0.25, 0.3) is 0 Å². The van der Waals surface area contributed by atoms with Gasteiger partial charge in [0.25, 0.3) is 0 Å². The van der Waals surface area contributed by atoms with Crippen LogP contribution in [0.3, 0.4) is 0 Å². The summed E-state index contributed by atoms with van der Waals surface area (Å²) in [5.74, 6) is -0.238. The van der Waals surface area contributed by atoms with Crippen molar-refractivity contribution in [2.24, 2.45) is 0 Å². The molecule has 0 bridgehead atoms. The van der Waals surface area contributed by atoms with E-state index in [9.17, 15) is 4.79 Å². The maximum atomic E-state index is 10.7. The van der Waals surface area contributed by atoms with E-state index in [1.54, 1.807) is 0 Å². The van der Waals surface area contributed by atoms with E-state index in [2.05, 4.69) is 32.9 Å². The van der Waals surface area contributed by atoms with Gasteiger partial charge in [-0.25, -0.2) is 0 Å². The minimum atomic E-state index is -0.238. The molecule has 0 radical (unpaired) electrons. The number of benzene rings is 1.